The second-order valence-electron chi connectivity index (χ2n) is 6.92. The van der Waals surface area contributed by atoms with Crippen LogP contribution >= 0.6 is 0 Å². The summed E-state index contributed by atoms with van der Waals surface area (Å²) < 4.78 is 11.2. The minimum atomic E-state index is -0.456. The summed E-state index contributed by atoms with van der Waals surface area (Å²) in [5.74, 6) is 1.20. The molecule has 0 saturated carbocycles. The molecule has 7 heteroatoms. The first-order chi connectivity index (χ1) is 11.4. The maximum atomic E-state index is 12.0. The zero-order chi connectivity index (χ0) is 17.6. The van der Waals surface area contributed by atoms with Crippen molar-refractivity contribution in [2.45, 2.75) is 39.2 Å². The molecule has 0 aromatic heterocycles. The average molecular weight is 333 g/mol. The van der Waals surface area contributed by atoms with Gasteiger partial charge in [-0.25, -0.2) is 4.79 Å². The summed E-state index contributed by atoms with van der Waals surface area (Å²) in [6.45, 7) is 7.66. The Hall–Kier alpha value is -2.40. The number of ether oxygens (including phenoxy) is 2. The SMILES string of the molecule is CC(C)(C)OC(=O)N1CCC(COc2ccc(N=[N+]=N)cc2)CC1. The standard InChI is InChI=1S/C17H25N4O3/c1-17(2,3)24-16(22)21-10-8-13(9-11-21)12-23-15-6-4-14(5-7-15)19-20-18/h4-7,13,18H,8-12H2,1-3H3/q+1. The fraction of sp³-hybridized carbons (Fsp3) is 0.588. The van der Waals surface area contributed by atoms with E-state index in [4.69, 9.17) is 15.0 Å². The molecular weight excluding hydrogens is 308 g/mol. The molecule has 0 aliphatic carbocycles. The van der Waals surface area contributed by atoms with Gasteiger partial charge >= 0.3 is 6.09 Å². The second kappa shape index (κ2) is 7.93. The first kappa shape index (κ1) is 17.9. The summed E-state index contributed by atoms with van der Waals surface area (Å²) in [5.41, 5.74) is 6.87. The van der Waals surface area contributed by atoms with Crippen molar-refractivity contribution in [3.8, 4) is 5.75 Å². The van der Waals surface area contributed by atoms with E-state index in [0.29, 0.717) is 31.3 Å². The van der Waals surface area contributed by atoms with Gasteiger partial charge in [0.15, 0.2) is 10.8 Å². The van der Waals surface area contributed by atoms with E-state index in [1.807, 2.05) is 32.9 Å². The maximum Gasteiger partial charge on any atom is 0.410 e. The number of piperidine rings is 1. The lowest BCUT2D eigenvalue weighted by Gasteiger charge is -2.33. The third-order valence-electron chi connectivity index (χ3n) is 3.75. The number of carbonyl (C=O) groups is 1. The molecule has 7 nitrogen and oxygen atoms in total. The fourth-order valence-electron chi connectivity index (χ4n) is 2.49. The van der Waals surface area contributed by atoms with Crippen molar-refractivity contribution >= 4 is 11.8 Å². The highest BCUT2D eigenvalue weighted by atomic mass is 16.6. The third-order valence-corrected chi connectivity index (χ3v) is 3.75. The quantitative estimate of drug-likeness (QED) is 0.669. The number of amides is 1. The van der Waals surface area contributed by atoms with Crippen LogP contribution in [0.3, 0.4) is 0 Å². The van der Waals surface area contributed by atoms with Gasteiger partial charge < -0.3 is 14.4 Å². The highest BCUT2D eigenvalue weighted by Crippen LogP contribution is 2.22. The van der Waals surface area contributed by atoms with Crippen molar-refractivity contribution in [2.24, 2.45) is 11.0 Å². The number of nitrogens with one attached hydrogen (secondary N) is 1. The van der Waals surface area contributed by atoms with Crippen molar-refractivity contribution in [3.63, 3.8) is 0 Å². The Bertz CT molecular complexity index is 595. The minimum absolute atomic E-state index is 0.235. The lowest BCUT2D eigenvalue weighted by atomic mass is 9.98. The molecule has 1 aromatic rings. The first-order valence-electron chi connectivity index (χ1n) is 8.15. The highest BCUT2D eigenvalue weighted by molar-refractivity contribution is 5.68. The molecule has 0 bridgehead atoms. The zero-order valence-electron chi connectivity index (χ0n) is 14.5. The Morgan fingerprint density at radius 2 is 1.92 bits per heavy atom. The third kappa shape index (κ3) is 5.66. The van der Waals surface area contributed by atoms with Crippen molar-refractivity contribution in [1.82, 2.24) is 9.81 Å². The molecule has 2 rings (SSSR count). The molecule has 1 amide bonds. The summed E-state index contributed by atoms with van der Waals surface area (Å²) >= 11 is 0. The van der Waals surface area contributed by atoms with Crippen LogP contribution in [0.4, 0.5) is 10.5 Å². The van der Waals surface area contributed by atoms with Gasteiger partial charge in [0.25, 0.3) is 0 Å². The molecule has 1 aliphatic heterocycles. The maximum absolute atomic E-state index is 12.0. The molecule has 1 aliphatic rings. The summed E-state index contributed by atoms with van der Waals surface area (Å²) in [5, 5.41) is 3.63. The molecule has 1 N–H and O–H groups in total. The van der Waals surface area contributed by atoms with E-state index in [-0.39, 0.29) is 6.09 Å². The number of likely N-dealkylation sites (tertiary alicyclic amines) is 1. The first-order valence-corrected chi connectivity index (χ1v) is 8.15. The van der Waals surface area contributed by atoms with E-state index in [9.17, 15) is 4.79 Å². The minimum Gasteiger partial charge on any atom is -0.493 e. The number of hydrogen-bond acceptors (Lipinski definition) is 5. The molecule has 1 saturated heterocycles. The van der Waals surface area contributed by atoms with Crippen LogP contribution in [-0.2, 0) is 4.74 Å². The summed E-state index contributed by atoms with van der Waals surface area (Å²) in [7, 11) is 0. The smallest absolute Gasteiger partial charge is 0.410 e. The van der Waals surface area contributed by atoms with Gasteiger partial charge in [0, 0.05) is 13.1 Å². The van der Waals surface area contributed by atoms with Crippen LogP contribution in [0.5, 0.6) is 5.75 Å². The lowest BCUT2D eigenvalue weighted by molar-refractivity contribution is 0.0165. The molecule has 0 atom stereocenters. The average Bonchev–Trinajstić information content (AvgIpc) is 2.53. The molecule has 1 aromatic carbocycles. The number of carbonyl (C=O) groups excluding carboxylic acids is 1. The topological polar surface area (TPSA) is 89.1 Å². The van der Waals surface area contributed by atoms with Crippen molar-refractivity contribution in [1.29, 1.82) is 5.53 Å². The Balaban J connectivity index is 1.75. The molecule has 1 fully saturated rings. The normalized spacial score (nSPS) is 15.5. The van der Waals surface area contributed by atoms with Gasteiger partial charge in [0.2, 0.25) is 4.91 Å². The van der Waals surface area contributed by atoms with Gasteiger partial charge in [-0.1, -0.05) is 0 Å². The van der Waals surface area contributed by atoms with Gasteiger partial charge in [0.05, 0.1) is 6.61 Å². The van der Waals surface area contributed by atoms with Gasteiger partial charge in [-0.3, -0.25) is 0 Å². The van der Waals surface area contributed by atoms with E-state index in [0.717, 1.165) is 18.6 Å². The van der Waals surface area contributed by atoms with Crippen LogP contribution in [-0.4, -0.2) is 36.3 Å². The Morgan fingerprint density at radius 1 is 1.29 bits per heavy atom. The molecule has 130 valence electrons. The van der Waals surface area contributed by atoms with Gasteiger partial charge in [-0.05, 0) is 63.8 Å². The van der Waals surface area contributed by atoms with Crippen LogP contribution in [0.2, 0.25) is 0 Å². The summed E-state index contributed by atoms with van der Waals surface area (Å²) in [6.07, 6.45) is 1.58. The Labute approximate surface area is 142 Å². The highest BCUT2D eigenvalue weighted by Gasteiger charge is 2.27. The van der Waals surface area contributed by atoms with Crippen molar-refractivity contribution in [3.05, 3.63) is 24.3 Å². The van der Waals surface area contributed by atoms with E-state index >= 15 is 0 Å². The molecule has 0 spiro atoms. The fourth-order valence-corrected chi connectivity index (χ4v) is 2.49. The number of benzene rings is 1. The van der Waals surface area contributed by atoms with Crippen LogP contribution in [0.25, 0.3) is 0 Å². The van der Waals surface area contributed by atoms with Crippen LogP contribution < -0.4 is 9.65 Å². The largest absolute Gasteiger partial charge is 0.493 e. The number of hydrogen-bond donors (Lipinski definition) is 1. The monoisotopic (exact) mass is 333 g/mol. The molecule has 0 radical (unpaired) electrons. The Kier molecular flexibility index (Phi) is 5.93. The van der Waals surface area contributed by atoms with Crippen molar-refractivity contribution < 1.29 is 14.3 Å². The predicted molar refractivity (Wildman–Crippen MR) is 89.4 cm³/mol. The van der Waals surface area contributed by atoms with Gasteiger partial charge in [-0.2, -0.15) is 0 Å². The lowest BCUT2D eigenvalue weighted by Crippen LogP contribution is -2.42. The zero-order valence-corrected chi connectivity index (χ0v) is 14.5. The van der Waals surface area contributed by atoms with E-state index in [1.54, 1.807) is 17.0 Å². The molecule has 24 heavy (non-hydrogen) atoms. The van der Waals surface area contributed by atoms with Crippen LogP contribution in [0, 0.1) is 11.4 Å². The van der Waals surface area contributed by atoms with Gasteiger partial charge in [0.1, 0.15) is 16.9 Å². The predicted octanol–water partition coefficient (Wildman–Crippen LogP) is 3.89. The number of rotatable bonds is 4. The number of nitrogens with zero attached hydrogens (tertiary/aromatic N) is 3. The van der Waals surface area contributed by atoms with Gasteiger partial charge in [-0.15, -0.1) is 0 Å². The second-order valence-corrected chi connectivity index (χ2v) is 6.92. The van der Waals surface area contributed by atoms with Crippen LogP contribution in [0.15, 0.2) is 29.4 Å². The molecular formula is C17H25N4O3+. The summed E-state index contributed by atoms with van der Waals surface area (Å²) in [4.78, 5) is 16.8. The van der Waals surface area contributed by atoms with E-state index in [2.05, 4.69) is 10.0 Å². The Morgan fingerprint density at radius 3 is 2.46 bits per heavy atom. The van der Waals surface area contributed by atoms with Crippen molar-refractivity contribution in [2.75, 3.05) is 19.7 Å². The summed E-state index contributed by atoms with van der Waals surface area (Å²) in [6, 6.07) is 7.16. The van der Waals surface area contributed by atoms with Crippen LogP contribution in [0.1, 0.15) is 33.6 Å². The van der Waals surface area contributed by atoms with E-state index in [1.165, 1.54) is 0 Å². The van der Waals surface area contributed by atoms with E-state index < -0.39 is 5.60 Å². The molecule has 0 unspecified atom stereocenters. The molecule has 1 heterocycles.